The Labute approximate surface area is 201 Å². The first-order valence-electron chi connectivity index (χ1n) is 10.9. The zero-order valence-corrected chi connectivity index (χ0v) is 19.5. The number of anilines is 2. The van der Waals surface area contributed by atoms with Gasteiger partial charge in [0.1, 0.15) is 5.54 Å². The minimum atomic E-state index is -1.40. The van der Waals surface area contributed by atoms with Crippen LogP contribution in [0.1, 0.15) is 41.3 Å². The highest BCUT2D eigenvalue weighted by Gasteiger charge is 2.60. The number of nitrogens with two attached hydrogens (primary N) is 1. The van der Waals surface area contributed by atoms with Crippen LogP contribution in [0, 0.1) is 12.8 Å². The second kappa shape index (κ2) is 9.08. The second-order valence-corrected chi connectivity index (χ2v) is 8.93. The second-order valence-electron chi connectivity index (χ2n) is 8.49. The maximum Gasteiger partial charge on any atom is 0.338 e. The first-order valence-corrected chi connectivity index (χ1v) is 11.3. The van der Waals surface area contributed by atoms with Crippen molar-refractivity contribution in [1.82, 2.24) is 5.32 Å². The minimum absolute atomic E-state index is 0.0259. The van der Waals surface area contributed by atoms with Crippen LogP contribution in [0.2, 0.25) is 5.02 Å². The molecule has 1 saturated heterocycles. The third kappa shape index (κ3) is 4.12. The van der Waals surface area contributed by atoms with Crippen LogP contribution in [0.3, 0.4) is 0 Å². The van der Waals surface area contributed by atoms with Gasteiger partial charge in [-0.15, -0.1) is 0 Å². The summed E-state index contributed by atoms with van der Waals surface area (Å²) >= 11 is 6.30. The van der Waals surface area contributed by atoms with Gasteiger partial charge in [0, 0.05) is 34.4 Å². The summed E-state index contributed by atoms with van der Waals surface area (Å²) in [6.45, 7) is 3.79. The van der Waals surface area contributed by atoms with Crippen molar-refractivity contribution in [2.75, 3.05) is 17.2 Å². The molecule has 2 aliphatic heterocycles. The molecule has 9 nitrogen and oxygen atoms in total. The van der Waals surface area contributed by atoms with E-state index in [9.17, 15) is 19.2 Å². The van der Waals surface area contributed by atoms with Crippen molar-refractivity contribution in [1.29, 1.82) is 0 Å². The number of benzene rings is 2. The Kier molecular flexibility index (Phi) is 6.33. The van der Waals surface area contributed by atoms with Gasteiger partial charge in [0.05, 0.1) is 18.1 Å². The lowest BCUT2D eigenvalue weighted by atomic mass is 9.79. The minimum Gasteiger partial charge on any atom is -0.462 e. The number of rotatable bonds is 6. The van der Waals surface area contributed by atoms with Gasteiger partial charge in [0.15, 0.2) is 0 Å². The first-order chi connectivity index (χ1) is 16.1. The number of hydrogen-bond acceptors (Lipinski definition) is 6. The number of carbonyl (C=O) groups excluding carboxylic acids is 4. The summed E-state index contributed by atoms with van der Waals surface area (Å²) in [5, 5.41) is 9.35. The number of ether oxygens (including phenoxy) is 1. The summed E-state index contributed by atoms with van der Waals surface area (Å²) in [5.74, 6) is -2.65. The molecule has 34 heavy (non-hydrogen) atoms. The number of hydrogen-bond donors (Lipinski definition) is 4. The molecule has 3 unspecified atom stereocenters. The Morgan fingerprint density at radius 3 is 2.59 bits per heavy atom. The Bertz CT molecular complexity index is 1180. The highest BCUT2D eigenvalue weighted by Crippen LogP contribution is 2.49. The molecular weight excluding hydrogens is 460 g/mol. The SMILES string of the molecule is CCOC(=O)c1ccc(NC(=O)C2CC(CC(N)=O)NC23C(=O)Nc2c(C)cc(Cl)cc23)cc1. The quantitative estimate of drug-likeness (QED) is 0.464. The molecule has 0 saturated carbocycles. The van der Waals surface area contributed by atoms with Crippen molar-refractivity contribution in [3.63, 3.8) is 0 Å². The number of primary amides is 1. The molecule has 1 spiro atoms. The largest absolute Gasteiger partial charge is 0.462 e. The molecule has 1 fully saturated rings. The van der Waals surface area contributed by atoms with Crippen LogP contribution < -0.4 is 21.7 Å². The lowest BCUT2D eigenvalue weighted by Crippen LogP contribution is -2.52. The van der Waals surface area contributed by atoms with E-state index in [0.717, 1.165) is 5.56 Å². The van der Waals surface area contributed by atoms with Crippen LogP contribution in [-0.4, -0.2) is 36.3 Å². The van der Waals surface area contributed by atoms with E-state index in [-0.39, 0.29) is 19.4 Å². The zero-order chi connectivity index (χ0) is 24.6. The van der Waals surface area contributed by atoms with Crippen molar-refractivity contribution in [3.05, 3.63) is 58.1 Å². The van der Waals surface area contributed by atoms with Gasteiger partial charge in [0.25, 0.3) is 0 Å². The molecular formula is C24H25ClN4O5. The Morgan fingerprint density at radius 2 is 1.94 bits per heavy atom. The van der Waals surface area contributed by atoms with Gasteiger partial charge in [0.2, 0.25) is 17.7 Å². The van der Waals surface area contributed by atoms with E-state index in [1.807, 2.05) is 6.92 Å². The van der Waals surface area contributed by atoms with E-state index in [1.165, 1.54) is 0 Å². The molecule has 3 atom stereocenters. The summed E-state index contributed by atoms with van der Waals surface area (Å²) in [6, 6.07) is 9.19. The van der Waals surface area contributed by atoms with Crippen LogP contribution >= 0.6 is 11.6 Å². The topological polar surface area (TPSA) is 140 Å². The van der Waals surface area contributed by atoms with E-state index >= 15 is 0 Å². The number of amides is 3. The van der Waals surface area contributed by atoms with Crippen molar-refractivity contribution >= 4 is 46.7 Å². The number of nitrogens with one attached hydrogen (secondary N) is 3. The van der Waals surface area contributed by atoms with E-state index in [1.54, 1.807) is 43.3 Å². The first kappa shape index (κ1) is 23.7. The average molecular weight is 485 g/mol. The Balaban J connectivity index is 1.67. The molecule has 10 heteroatoms. The highest BCUT2D eigenvalue weighted by atomic mass is 35.5. The van der Waals surface area contributed by atoms with Gasteiger partial charge in [-0.05, 0) is 62.2 Å². The summed E-state index contributed by atoms with van der Waals surface area (Å²) in [4.78, 5) is 50.3. The molecule has 0 radical (unpaired) electrons. The Hall–Kier alpha value is -3.43. The molecule has 2 heterocycles. The Morgan fingerprint density at radius 1 is 1.24 bits per heavy atom. The van der Waals surface area contributed by atoms with Gasteiger partial charge in [-0.2, -0.15) is 0 Å². The van der Waals surface area contributed by atoms with Gasteiger partial charge in [-0.1, -0.05) is 11.6 Å². The lowest BCUT2D eigenvalue weighted by Gasteiger charge is -2.29. The van der Waals surface area contributed by atoms with Crippen LogP contribution in [-0.2, 0) is 24.7 Å². The van der Waals surface area contributed by atoms with E-state index in [0.29, 0.717) is 27.5 Å². The lowest BCUT2D eigenvalue weighted by molar-refractivity contribution is -0.130. The number of carbonyl (C=O) groups is 4. The number of aryl methyl sites for hydroxylation is 1. The molecule has 3 amide bonds. The fraction of sp³-hybridized carbons (Fsp3) is 0.333. The van der Waals surface area contributed by atoms with Crippen molar-refractivity contribution < 1.29 is 23.9 Å². The van der Waals surface area contributed by atoms with Gasteiger partial charge >= 0.3 is 5.97 Å². The van der Waals surface area contributed by atoms with Gasteiger partial charge < -0.3 is 21.1 Å². The molecule has 0 aromatic heterocycles. The predicted molar refractivity (Wildman–Crippen MR) is 126 cm³/mol. The monoisotopic (exact) mass is 484 g/mol. The maximum atomic E-state index is 13.5. The summed E-state index contributed by atoms with van der Waals surface area (Å²) in [5.41, 5.74) is 6.73. The fourth-order valence-corrected chi connectivity index (χ4v) is 5.07. The molecule has 178 valence electrons. The van der Waals surface area contributed by atoms with Crippen molar-refractivity contribution in [2.45, 2.75) is 38.3 Å². The standard InChI is InChI=1S/C24H25ClN4O5/c1-3-34-22(32)13-4-6-15(7-5-13)27-21(31)18-10-16(11-19(26)30)29-24(18)17-9-14(25)8-12(2)20(17)28-23(24)33/h4-9,16,18,29H,3,10-11H2,1-2H3,(H2,26,30)(H,27,31)(H,28,33). The van der Waals surface area contributed by atoms with Crippen molar-refractivity contribution in [3.8, 4) is 0 Å². The summed E-state index contributed by atoms with van der Waals surface area (Å²) < 4.78 is 4.97. The summed E-state index contributed by atoms with van der Waals surface area (Å²) in [6.07, 6.45) is 0.191. The van der Waals surface area contributed by atoms with Crippen LogP contribution in [0.15, 0.2) is 36.4 Å². The summed E-state index contributed by atoms with van der Waals surface area (Å²) in [7, 11) is 0. The molecule has 2 aromatic rings. The number of esters is 1. The van der Waals surface area contributed by atoms with Gasteiger partial charge in [-0.3, -0.25) is 19.7 Å². The fourth-order valence-electron chi connectivity index (χ4n) is 4.80. The average Bonchev–Trinajstić information content (AvgIpc) is 3.28. The smallest absolute Gasteiger partial charge is 0.338 e. The van der Waals surface area contributed by atoms with Crippen molar-refractivity contribution in [2.24, 2.45) is 11.7 Å². The maximum absolute atomic E-state index is 13.5. The number of halogens is 1. The van der Waals surface area contributed by atoms with Crippen LogP contribution in [0.4, 0.5) is 11.4 Å². The molecule has 0 aliphatic carbocycles. The van der Waals surface area contributed by atoms with Crippen LogP contribution in [0.25, 0.3) is 0 Å². The van der Waals surface area contributed by atoms with Crippen LogP contribution in [0.5, 0.6) is 0 Å². The zero-order valence-electron chi connectivity index (χ0n) is 18.7. The van der Waals surface area contributed by atoms with E-state index in [2.05, 4.69) is 16.0 Å². The highest BCUT2D eigenvalue weighted by molar-refractivity contribution is 6.31. The number of fused-ring (bicyclic) bond motifs is 2. The third-order valence-corrected chi connectivity index (χ3v) is 6.44. The van der Waals surface area contributed by atoms with Gasteiger partial charge in [-0.25, -0.2) is 4.79 Å². The predicted octanol–water partition coefficient (Wildman–Crippen LogP) is 2.46. The molecule has 2 aromatic carbocycles. The molecule has 0 bridgehead atoms. The third-order valence-electron chi connectivity index (χ3n) is 6.22. The molecule has 4 rings (SSSR count). The van der Waals surface area contributed by atoms with E-state index < -0.39 is 41.2 Å². The molecule has 2 aliphatic rings. The molecule has 5 N–H and O–H groups in total. The normalized spacial score (nSPS) is 22.9. The van der Waals surface area contributed by atoms with E-state index in [4.69, 9.17) is 22.1 Å².